The summed E-state index contributed by atoms with van der Waals surface area (Å²) >= 11 is 0. The first-order valence-electron chi connectivity index (χ1n) is 4.60. The van der Waals surface area contributed by atoms with E-state index in [9.17, 15) is 13.2 Å². The van der Waals surface area contributed by atoms with Crippen molar-refractivity contribution >= 4 is 0 Å². The van der Waals surface area contributed by atoms with Crippen molar-refractivity contribution in [2.75, 3.05) is 7.11 Å². The highest BCUT2D eigenvalue weighted by Gasteiger charge is 2.34. The van der Waals surface area contributed by atoms with Gasteiger partial charge in [0, 0.05) is 12.8 Å². The van der Waals surface area contributed by atoms with Gasteiger partial charge in [0.25, 0.3) is 5.92 Å². The Morgan fingerprint density at radius 3 is 2.69 bits per heavy atom. The zero-order chi connectivity index (χ0) is 12.2. The number of nitrogens with zero attached hydrogens (tertiary/aromatic N) is 1. The third kappa shape index (κ3) is 2.66. The summed E-state index contributed by atoms with van der Waals surface area (Å²) in [5.74, 6) is -4.10. The topological polar surface area (TPSA) is 33.0 Å². The summed E-state index contributed by atoms with van der Waals surface area (Å²) in [7, 11) is 1.23. The number of alkyl halides is 2. The van der Waals surface area contributed by atoms with Gasteiger partial charge >= 0.3 is 0 Å². The summed E-state index contributed by atoms with van der Waals surface area (Å²) in [5.41, 5.74) is -0.523. The van der Waals surface area contributed by atoms with Crippen LogP contribution in [0.1, 0.15) is 18.4 Å². The molecule has 0 amide bonds. The minimum Gasteiger partial charge on any atom is -0.496 e. The quantitative estimate of drug-likeness (QED) is 0.794. The third-order valence-electron chi connectivity index (χ3n) is 2.11. The maximum Gasteiger partial charge on any atom is 0.277 e. The Bertz CT molecular complexity index is 412. The number of ether oxygens (including phenoxy) is 1. The summed E-state index contributed by atoms with van der Waals surface area (Å²) in [5, 5.41) is 8.27. The highest BCUT2D eigenvalue weighted by Crippen LogP contribution is 2.38. The van der Waals surface area contributed by atoms with Gasteiger partial charge < -0.3 is 4.74 Å². The van der Waals surface area contributed by atoms with Crippen LogP contribution in [-0.2, 0) is 5.92 Å². The molecule has 0 saturated carbocycles. The number of hydrogen-bond acceptors (Lipinski definition) is 2. The second-order valence-corrected chi connectivity index (χ2v) is 3.21. The number of halogens is 3. The number of hydrogen-bond donors (Lipinski definition) is 0. The van der Waals surface area contributed by atoms with Crippen molar-refractivity contribution in [3.8, 4) is 11.8 Å². The van der Waals surface area contributed by atoms with E-state index in [1.54, 1.807) is 6.07 Å². The normalized spacial score (nSPS) is 10.9. The summed E-state index contributed by atoms with van der Waals surface area (Å²) in [6, 6.07) is 4.55. The van der Waals surface area contributed by atoms with Crippen molar-refractivity contribution in [2.45, 2.75) is 18.8 Å². The van der Waals surface area contributed by atoms with Crippen LogP contribution in [0.15, 0.2) is 18.2 Å². The molecule has 0 aromatic heterocycles. The Morgan fingerprint density at radius 1 is 1.44 bits per heavy atom. The molecule has 0 spiro atoms. The van der Waals surface area contributed by atoms with Crippen LogP contribution in [0.4, 0.5) is 13.2 Å². The molecule has 0 heterocycles. The minimum absolute atomic E-state index is 0.0793. The van der Waals surface area contributed by atoms with E-state index in [4.69, 9.17) is 10.00 Å². The molecular weight excluding hydrogens is 219 g/mol. The van der Waals surface area contributed by atoms with E-state index >= 15 is 0 Å². The summed E-state index contributed by atoms with van der Waals surface area (Å²) < 4.78 is 44.8. The van der Waals surface area contributed by atoms with Crippen molar-refractivity contribution in [1.82, 2.24) is 0 Å². The van der Waals surface area contributed by atoms with Gasteiger partial charge in [0.15, 0.2) is 0 Å². The van der Waals surface area contributed by atoms with Crippen LogP contribution < -0.4 is 4.74 Å². The molecule has 2 nitrogen and oxygen atoms in total. The largest absolute Gasteiger partial charge is 0.496 e. The molecule has 0 aliphatic rings. The lowest BCUT2D eigenvalue weighted by atomic mass is 10.0. The molecule has 5 heteroatoms. The molecule has 1 aromatic rings. The highest BCUT2D eigenvalue weighted by molar-refractivity contribution is 5.37. The van der Waals surface area contributed by atoms with Gasteiger partial charge in [-0.15, -0.1) is 0 Å². The number of benzene rings is 1. The molecule has 0 atom stereocenters. The fraction of sp³-hybridized carbons (Fsp3) is 0.364. The molecule has 0 saturated heterocycles. The van der Waals surface area contributed by atoms with Gasteiger partial charge in [-0.05, 0) is 18.2 Å². The van der Waals surface area contributed by atoms with E-state index in [0.717, 1.165) is 18.2 Å². The number of methoxy groups -OCH3 is 1. The smallest absolute Gasteiger partial charge is 0.277 e. The summed E-state index contributed by atoms with van der Waals surface area (Å²) in [6.07, 6.45) is -0.948. The van der Waals surface area contributed by atoms with E-state index in [1.807, 2.05) is 0 Å². The lowest BCUT2D eigenvalue weighted by Gasteiger charge is -2.18. The van der Waals surface area contributed by atoms with Crippen LogP contribution in [0.3, 0.4) is 0 Å². The van der Waals surface area contributed by atoms with Gasteiger partial charge in [0.1, 0.15) is 11.6 Å². The predicted molar refractivity (Wildman–Crippen MR) is 51.7 cm³/mol. The van der Waals surface area contributed by atoms with Crippen LogP contribution >= 0.6 is 0 Å². The maximum absolute atomic E-state index is 13.6. The van der Waals surface area contributed by atoms with Crippen LogP contribution in [0, 0.1) is 17.1 Å². The molecule has 86 valence electrons. The van der Waals surface area contributed by atoms with Gasteiger partial charge in [-0.3, -0.25) is 0 Å². The number of nitriles is 1. The van der Waals surface area contributed by atoms with Crippen LogP contribution in [-0.4, -0.2) is 7.11 Å². The average Bonchev–Trinajstić information content (AvgIpc) is 2.26. The van der Waals surface area contributed by atoms with Crippen molar-refractivity contribution in [1.29, 1.82) is 5.26 Å². The first kappa shape index (κ1) is 12.4. The van der Waals surface area contributed by atoms with E-state index in [0.29, 0.717) is 0 Å². The average molecular weight is 229 g/mol. The molecule has 0 fully saturated rings. The zero-order valence-corrected chi connectivity index (χ0v) is 8.64. The second kappa shape index (κ2) is 4.88. The second-order valence-electron chi connectivity index (χ2n) is 3.21. The molecular formula is C11H10F3NO. The van der Waals surface area contributed by atoms with Gasteiger partial charge in [-0.2, -0.15) is 5.26 Å². The van der Waals surface area contributed by atoms with E-state index in [1.165, 1.54) is 7.11 Å². The van der Waals surface area contributed by atoms with Crippen LogP contribution in [0.2, 0.25) is 0 Å². The first-order valence-corrected chi connectivity index (χ1v) is 4.60. The fourth-order valence-corrected chi connectivity index (χ4v) is 1.31. The Morgan fingerprint density at radius 2 is 2.12 bits per heavy atom. The van der Waals surface area contributed by atoms with Crippen LogP contribution in [0.25, 0.3) is 0 Å². The molecule has 0 aliphatic carbocycles. The zero-order valence-electron chi connectivity index (χ0n) is 8.64. The van der Waals surface area contributed by atoms with E-state index in [2.05, 4.69) is 0 Å². The predicted octanol–water partition coefficient (Wildman–Crippen LogP) is 3.23. The Balaban J connectivity index is 3.09. The van der Waals surface area contributed by atoms with E-state index in [-0.39, 0.29) is 12.2 Å². The van der Waals surface area contributed by atoms with Crippen molar-refractivity contribution in [3.05, 3.63) is 29.6 Å². The summed E-state index contributed by atoms with van der Waals surface area (Å²) in [6.45, 7) is 0. The molecule has 16 heavy (non-hydrogen) atoms. The van der Waals surface area contributed by atoms with Gasteiger partial charge in [0.2, 0.25) is 0 Å². The lowest BCUT2D eigenvalue weighted by Crippen LogP contribution is -2.14. The SMILES string of the molecule is COc1ccc(F)cc1C(F)(F)CCC#N. The standard InChI is InChI=1S/C11H10F3NO/c1-16-10-4-3-8(12)7-9(10)11(13,14)5-2-6-15/h3-4,7H,2,5H2,1H3. The van der Waals surface area contributed by atoms with E-state index < -0.39 is 23.7 Å². The molecule has 1 aromatic carbocycles. The molecule has 0 bridgehead atoms. The molecule has 0 radical (unpaired) electrons. The van der Waals surface area contributed by atoms with Gasteiger partial charge in [-0.25, -0.2) is 13.2 Å². The first-order chi connectivity index (χ1) is 7.51. The minimum atomic E-state index is -3.26. The number of rotatable bonds is 4. The monoisotopic (exact) mass is 229 g/mol. The van der Waals surface area contributed by atoms with Crippen molar-refractivity contribution < 1.29 is 17.9 Å². The highest BCUT2D eigenvalue weighted by atomic mass is 19.3. The Labute approximate surface area is 91.3 Å². The Hall–Kier alpha value is -1.70. The Kier molecular flexibility index (Phi) is 3.78. The van der Waals surface area contributed by atoms with Gasteiger partial charge in [0.05, 0.1) is 18.7 Å². The van der Waals surface area contributed by atoms with Crippen LogP contribution in [0.5, 0.6) is 5.75 Å². The van der Waals surface area contributed by atoms with Crippen molar-refractivity contribution in [3.63, 3.8) is 0 Å². The molecule has 0 unspecified atom stereocenters. The maximum atomic E-state index is 13.6. The van der Waals surface area contributed by atoms with Crippen molar-refractivity contribution in [2.24, 2.45) is 0 Å². The molecule has 0 N–H and O–H groups in total. The van der Waals surface area contributed by atoms with Gasteiger partial charge in [-0.1, -0.05) is 0 Å². The molecule has 0 aliphatic heterocycles. The summed E-state index contributed by atoms with van der Waals surface area (Å²) in [4.78, 5) is 0. The molecule has 1 rings (SSSR count). The third-order valence-corrected chi connectivity index (χ3v) is 2.11. The fourth-order valence-electron chi connectivity index (χ4n) is 1.31. The lowest BCUT2D eigenvalue weighted by molar-refractivity contribution is -0.0143.